The van der Waals surface area contributed by atoms with Crippen LogP contribution in [0.25, 0.3) is 0 Å². The minimum absolute atomic E-state index is 0.112. The van der Waals surface area contributed by atoms with E-state index >= 15 is 0 Å². The number of carbonyl (C=O) groups excluding carboxylic acids is 1. The average molecular weight is 185 g/mol. The van der Waals surface area contributed by atoms with Crippen LogP contribution < -0.4 is 5.32 Å². The Morgan fingerprint density at radius 1 is 1.46 bits per heavy atom. The predicted molar refractivity (Wildman–Crippen MR) is 51.4 cm³/mol. The van der Waals surface area contributed by atoms with E-state index in [1.807, 2.05) is 20.8 Å². The molecule has 1 saturated heterocycles. The summed E-state index contributed by atoms with van der Waals surface area (Å²) in [5.41, 5.74) is -0.123. The highest BCUT2D eigenvalue weighted by atomic mass is 16.5. The summed E-state index contributed by atoms with van der Waals surface area (Å²) in [5.74, 6) is 0.112. The Kier molecular flexibility index (Phi) is 2.66. The van der Waals surface area contributed by atoms with Crippen LogP contribution in [0.15, 0.2) is 0 Å². The number of rotatable bonds is 2. The van der Waals surface area contributed by atoms with E-state index in [2.05, 4.69) is 12.2 Å². The van der Waals surface area contributed by atoms with Gasteiger partial charge in [0.25, 0.3) is 0 Å². The van der Waals surface area contributed by atoms with E-state index in [9.17, 15) is 4.79 Å². The highest BCUT2D eigenvalue weighted by molar-refractivity contribution is 5.81. The van der Waals surface area contributed by atoms with Crippen molar-refractivity contribution in [3.8, 4) is 0 Å². The highest BCUT2D eigenvalue weighted by Crippen LogP contribution is 2.25. The molecule has 1 rings (SSSR count). The van der Waals surface area contributed by atoms with Crippen LogP contribution in [-0.2, 0) is 9.53 Å². The minimum atomic E-state index is -0.291. The van der Waals surface area contributed by atoms with Crippen molar-refractivity contribution in [1.82, 2.24) is 5.32 Å². The lowest BCUT2D eigenvalue weighted by molar-refractivity contribution is -0.133. The van der Waals surface area contributed by atoms with E-state index in [4.69, 9.17) is 4.74 Å². The molecule has 1 aliphatic rings. The van der Waals surface area contributed by atoms with Gasteiger partial charge in [0.05, 0.1) is 13.2 Å². The lowest BCUT2D eigenvalue weighted by atomic mass is 9.87. The fourth-order valence-electron chi connectivity index (χ4n) is 1.11. The van der Waals surface area contributed by atoms with E-state index in [-0.39, 0.29) is 16.7 Å². The van der Waals surface area contributed by atoms with Gasteiger partial charge in [-0.2, -0.15) is 0 Å². The van der Waals surface area contributed by atoms with Gasteiger partial charge in [0.1, 0.15) is 0 Å². The maximum atomic E-state index is 11.5. The lowest BCUT2D eigenvalue weighted by Crippen LogP contribution is -2.50. The Balaban J connectivity index is 2.30. The Morgan fingerprint density at radius 3 is 2.31 bits per heavy atom. The molecule has 3 heteroatoms. The summed E-state index contributed by atoms with van der Waals surface area (Å²) in [6.07, 6.45) is 0. The maximum Gasteiger partial charge on any atom is 0.225 e. The maximum absolute atomic E-state index is 11.5. The van der Waals surface area contributed by atoms with Crippen LogP contribution in [-0.4, -0.2) is 25.7 Å². The first-order valence-corrected chi connectivity index (χ1v) is 4.70. The van der Waals surface area contributed by atoms with E-state index < -0.39 is 0 Å². The molecule has 0 bridgehead atoms. The zero-order valence-corrected chi connectivity index (χ0v) is 8.94. The van der Waals surface area contributed by atoms with Gasteiger partial charge in [0.15, 0.2) is 0 Å². The van der Waals surface area contributed by atoms with Crippen molar-refractivity contribution in [3.63, 3.8) is 0 Å². The first kappa shape index (κ1) is 10.5. The zero-order valence-electron chi connectivity index (χ0n) is 8.94. The standard InChI is InChI=1S/C10H19NO2/c1-9(2,3)8(12)11-5-10(4)6-13-7-10/h5-7H2,1-4H3,(H,11,12). The van der Waals surface area contributed by atoms with Crippen molar-refractivity contribution in [3.05, 3.63) is 0 Å². The van der Waals surface area contributed by atoms with Crippen molar-refractivity contribution in [2.75, 3.05) is 19.8 Å². The third-order valence-electron chi connectivity index (χ3n) is 2.26. The second kappa shape index (κ2) is 3.29. The molecule has 1 amide bonds. The second-order valence-electron chi connectivity index (χ2n) is 5.24. The van der Waals surface area contributed by atoms with Crippen LogP contribution in [0, 0.1) is 10.8 Å². The molecule has 76 valence electrons. The number of amides is 1. The summed E-state index contributed by atoms with van der Waals surface area (Å²) >= 11 is 0. The third kappa shape index (κ3) is 2.69. The molecular formula is C10H19NO2. The fraction of sp³-hybridized carbons (Fsp3) is 0.900. The summed E-state index contributed by atoms with van der Waals surface area (Å²) in [7, 11) is 0. The molecule has 0 radical (unpaired) electrons. The number of ether oxygens (including phenoxy) is 1. The summed E-state index contributed by atoms with van der Waals surface area (Å²) < 4.78 is 5.10. The van der Waals surface area contributed by atoms with Crippen molar-refractivity contribution >= 4 is 5.91 Å². The zero-order chi connectivity index (χ0) is 10.1. The predicted octanol–water partition coefficient (Wildman–Crippen LogP) is 1.19. The SMILES string of the molecule is CC1(CNC(=O)C(C)(C)C)COC1. The number of nitrogens with one attached hydrogen (secondary N) is 1. The quantitative estimate of drug-likeness (QED) is 0.701. The van der Waals surface area contributed by atoms with Gasteiger partial charge < -0.3 is 10.1 Å². The molecule has 1 aliphatic heterocycles. The number of carbonyl (C=O) groups is 1. The van der Waals surface area contributed by atoms with Crippen LogP contribution in [0.2, 0.25) is 0 Å². The normalized spacial score (nSPS) is 20.6. The van der Waals surface area contributed by atoms with E-state index in [0.29, 0.717) is 0 Å². The van der Waals surface area contributed by atoms with Crippen molar-refractivity contribution < 1.29 is 9.53 Å². The Morgan fingerprint density at radius 2 is 2.00 bits per heavy atom. The molecule has 0 saturated carbocycles. The lowest BCUT2D eigenvalue weighted by Gasteiger charge is -2.38. The van der Waals surface area contributed by atoms with E-state index in [1.54, 1.807) is 0 Å². The average Bonchev–Trinajstić information content (AvgIpc) is 1.94. The summed E-state index contributed by atoms with van der Waals surface area (Å²) in [4.78, 5) is 11.5. The summed E-state index contributed by atoms with van der Waals surface area (Å²) in [6, 6.07) is 0. The fourth-order valence-corrected chi connectivity index (χ4v) is 1.11. The van der Waals surface area contributed by atoms with Crippen LogP contribution in [0.5, 0.6) is 0 Å². The van der Waals surface area contributed by atoms with Crippen LogP contribution in [0.4, 0.5) is 0 Å². The molecule has 0 unspecified atom stereocenters. The van der Waals surface area contributed by atoms with E-state index in [1.165, 1.54) is 0 Å². The van der Waals surface area contributed by atoms with Crippen molar-refractivity contribution in [2.45, 2.75) is 27.7 Å². The molecule has 1 fully saturated rings. The molecule has 3 nitrogen and oxygen atoms in total. The summed E-state index contributed by atoms with van der Waals surface area (Å²) in [5, 5.41) is 2.95. The smallest absolute Gasteiger partial charge is 0.225 e. The van der Waals surface area contributed by atoms with Crippen LogP contribution >= 0.6 is 0 Å². The van der Waals surface area contributed by atoms with Crippen LogP contribution in [0.3, 0.4) is 0 Å². The first-order valence-electron chi connectivity index (χ1n) is 4.70. The van der Waals surface area contributed by atoms with Gasteiger partial charge in [-0.1, -0.05) is 27.7 Å². The topological polar surface area (TPSA) is 38.3 Å². The molecule has 0 aromatic carbocycles. The van der Waals surface area contributed by atoms with Crippen molar-refractivity contribution in [1.29, 1.82) is 0 Å². The minimum Gasteiger partial charge on any atom is -0.380 e. The summed E-state index contributed by atoms with van der Waals surface area (Å²) in [6.45, 7) is 10.1. The van der Waals surface area contributed by atoms with Gasteiger partial charge in [-0.15, -0.1) is 0 Å². The molecule has 1 N–H and O–H groups in total. The molecule has 0 spiro atoms. The Labute approximate surface area is 79.8 Å². The van der Waals surface area contributed by atoms with Gasteiger partial charge >= 0.3 is 0 Å². The molecule has 13 heavy (non-hydrogen) atoms. The number of hydrogen-bond acceptors (Lipinski definition) is 2. The highest BCUT2D eigenvalue weighted by Gasteiger charge is 2.34. The molecule has 0 aromatic rings. The Hall–Kier alpha value is -0.570. The molecule has 0 aliphatic carbocycles. The largest absolute Gasteiger partial charge is 0.380 e. The third-order valence-corrected chi connectivity index (χ3v) is 2.26. The molecule has 1 heterocycles. The van der Waals surface area contributed by atoms with Gasteiger partial charge in [-0.25, -0.2) is 0 Å². The monoisotopic (exact) mass is 185 g/mol. The second-order valence-corrected chi connectivity index (χ2v) is 5.24. The van der Waals surface area contributed by atoms with E-state index in [0.717, 1.165) is 19.8 Å². The van der Waals surface area contributed by atoms with Gasteiger partial charge in [0.2, 0.25) is 5.91 Å². The van der Waals surface area contributed by atoms with Gasteiger partial charge in [0, 0.05) is 17.4 Å². The van der Waals surface area contributed by atoms with Gasteiger partial charge in [-0.05, 0) is 0 Å². The molecular weight excluding hydrogens is 166 g/mol. The first-order chi connectivity index (χ1) is 5.83. The Bertz CT molecular complexity index is 201. The number of hydrogen-bond donors (Lipinski definition) is 1. The van der Waals surface area contributed by atoms with Crippen LogP contribution in [0.1, 0.15) is 27.7 Å². The van der Waals surface area contributed by atoms with Crippen molar-refractivity contribution in [2.24, 2.45) is 10.8 Å². The van der Waals surface area contributed by atoms with Gasteiger partial charge in [-0.3, -0.25) is 4.79 Å². The molecule has 0 atom stereocenters. The molecule has 0 aromatic heterocycles.